The molecule has 0 saturated heterocycles. The molecule has 174 valence electrons. The average molecular weight is 482 g/mol. The Morgan fingerprint density at radius 2 is 1.66 bits per heavy atom. The zero-order valence-electron chi connectivity index (χ0n) is 18.4. The van der Waals surface area contributed by atoms with E-state index in [1.165, 1.54) is 45.5 Å². The first kappa shape index (κ1) is 23.1. The normalized spacial score (nSPS) is 24.1. The summed E-state index contributed by atoms with van der Waals surface area (Å²) in [4.78, 5) is 24.2. The number of hydrogen-bond donors (Lipinski definition) is 3. The molecule has 1 atom stereocenters. The molecule has 0 aromatic heterocycles. The maximum atomic E-state index is 12.6. The van der Waals surface area contributed by atoms with E-state index in [2.05, 4.69) is 10.6 Å². The van der Waals surface area contributed by atoms with Gasteiger partial charge in [0, 0.05) is 20.1 Å². The zero-order chi connectivity index (χ0) is 23.4. The van der Waals surface area contributed by atoms with Crippen LogP contribution in [0.3, 0.4) is 0 Å². The summed E-state index contributed by atoms with van der Waals surface area (Å²) >= 11 is 6.05. The van der Waals surface area contributed by atoms with Gasteiger partial charge in [0.2, 0.25) is 10.0 Å². The number of phenols is 1. The quantitative estimate of drug-likeness (QED) is 0.410. The van der Waals surface area contributed by atoms with Crippen LogP contribution < -0.4 is 21.5 Å². The van der Waals surface area contributed by atoms with Crippen molar-refractivity contribution in [3.8, 4) is 5.75 Å². The number of nitrogens with one attached hydrogen (secondary N) is 2. The summed E-state index contributed by atoms with van der Waals surface area (Å²) in [6.45, 7) is 2.05. The van der Waals surface area contributed by atoms with Gasteiger partial charge in [0.25, 0.3) is 10.9 Å². The van der Waals surface area contributed by atoms with Crippen molar-refractivity contribution in [3.05, 3.63) is 37.6 Å². The first-order valence-electron chi connectivity index (χ1n) is 10.8. The minimum atomic E-state index is -4.04. The summed E-state index contributed by atoms with van der Waals surface area (Å²) in [6.07, 6.45) is 6.91. The van der Waals surface area contributed by atoms with Crippen molar-refractivity contribution in [3.63, 3.8) is 0 Å². The van der Waals surface area contributed by atoms with Crippen LogP contribution in [0.15, 0.2) is 26.6 Å². The van der Waals surface area contributed by atoms with Crippen molar-refractivity contribution in [1.82, 2.24) is 4.31 Å². The Balaban J connectivity index is 1.63. The van der Waals surface area contributed by atoms with Crippen molar-refractivity contribution >= 4 is 38.7 Å². The summed E-state index contributed by atoms with van der Waals surface area (Å²) in [6, 6.07) is 2.70. The van der Waals surface area contributed by atoms with Crippen LogP contribution in [0.25, 0.3) is 0 Å². The van der Waals surface area contributed by atoms with Gasteiger partial charge in [0.1, 0.15) is 16.3 Å². The topological polar surface area (TPSA) is 116 Å². The van der Waals surface area contributed by atoms with Gasteiger partial charge in [-0.15, -0.1) is 0 Å². The standard InChI is InChI=1S/C22H28ClN3O5S/c1-12(22-9-6-13(7-10-22)8-11-22)24-16-17(20(29)19(16)28)25-15-5-4-14(23)21(18(15)27)32(30,31)26(2)3/h4-5,12-13,24-25,27H,6-11H2,1-3H3. The molecule has 3 saturated carbocycles. The van der Waals surface area contributed by atoms with Crippen LogP contribution >= 0.6 is 11.6 Å². The van der Waals surface area contributed by atoms with Crippen LogP contribution in [0.5, 0.6) is 5.75 Å². The Labute approximate surface area is 192 Å². The molecule has 2 bridgehead atoms. The third-order valence-corrected chi connectivity index (χ3v) is 9.74. The fourth-order valence-corrected chi connectivity index (χ4v) is 6.64. The predicted molar refractivity (Wildman–Crippen MR) is 125 cm³/mol. The van der Waals surface area contributed by atoms with Gasteiger partial charge in [-0.3, -0.25) is 9.59 Å². The number of halogens is 1. The fourth-order valence-electron chi connectivity index (χ4n) is 5.16. The van der Waals surface area contributed by atoms with E-state index >= 15 is 0 Å². The van der Waals surface area contributed by atoms with Crippen LogP contribution in [0.1, 0.15) is 45.4 Å². The third-order valence-electron chi connectivity index (χ3n) is 7.42. The highest BCUT2D eigenvalue weighted by Crippen LogP contribution is 2.52. The van der Waals surface area contributed by atoms with Crippen molar-refractivity contribution < 1.29 is 13.5 Å². The lowest BCUT2D eigenvalue weighted by Crippen LogP contribution is -2.48. The monoisotopic (exact) mass is 481 g/mol. The van der Waals surface area contributed by atoms with Crippen LogP contribution in [-0.4, -0.2) is 38.0 Å². The van der Waals surface area contributed by atoms with E-state index < -0.39 is 31.5 Å². The molecule has 3 fully saturated rings. The van der Waals surface area contributed by atoms with Gasteiger partial charge in [-0.25, -0.2) is 12.7 Å². The van der Waals surface area contributed by atoms with E-state index in [-0.39, 0.29) is 33.5 Å². The Morgan fingerprint density at radius 1 is 1.09 bits per heavy atom. The number of hydrogen-bond acceptors (Lipinski definition) is 7. The smallest absolute Gasteiger partial charge is 0.253 e. The van der Waals surface area contributed by atoms with E-state index in [0.717, 1.165) is 29.5 Å². The van der Waals surface area contributed by atoms with Crippen molar-refractivity contribution in [1.29, 1.82) is 0 Å². The van der Waals surface area contributed by atoms with E-state index in [9.17, 15) is 23.1 Å². The van der Waals surface area contributed by atoms with Gasteiger partial charge >= 0.3 is 0 Å². The second-order valence-corrected chi connectivity index (χ2v) is 11.8. The highest BCUT2D eigenvalue weighted by Gasteiger charge is 2.44. The summed E-state index contributed by atoms with van der Waals surface area (Å²) in [5.41, 5.74) is -1.04. The summed E-state index contributed by atoms with van der Waals surface area (Å²) in [7, 11) is -1.39. The lowest BCUT2D eigenvalue weighted by Gasteiger charge is -2.50. The minimum Gasteiger partial charge on any atom is -0.504 e. The van der Waals surface area contributed by atoms with E-state index in [1.54, 1.807) is 0 Å². The van der Waals surface area contributed by atoms with Gasteiger partial charge in [0.15, 0.2) is 5.75 Å². The molecule has 32 heavy (non-hydrogen) atoms. The maximum absolute atomic E-state index is 12.6. The van der Waals surface area contributed by atoms with Crippen LogP contribution in [0.2, 0.25) is 5.02 Å². The second-order valence-electron chi connectivity index (χ2n) is 9.30. The SMILES string of the molecule is CC(Nc1c(Nc2ccc(Cl)c(S(=O)(=O)N(C)C)c2O)c(=O)c1=O)C12CCC(CC1)CC2. The van der Waals surface area contributed by atoms with Crippen molar-refractivity contribution in [2.75, 3.05) is 24.7 Å². The predicted octanol–water partition coefficient (Wildman–Crippen LogP) is 3.41. The molecule has 5 rings (SSSR count). The summed E-state index contributed by atoms with van der Waals surface area (Å²) < 4.78 is 26.1. The molecule has 10 heteroatoms. The maximum Gasteiger partial charge on any atom is 0.253 e. The lowest BCUT2D eigenvalue weighted by molar-refractivity contribution is 0.0513. The number of fused-ring (bicyclic) bond motifs is 3. The number of rotatable bonds is 7. The van der Waals surface area contributed by atoms with Gasteiger partial charge in [-0.1, -0.05) is 11.6 Å². The molecular weight excluding hydrogens is 454 g/mol. The van der Waals surface area contributed by atoms with Crippen molar-refractivity contribution in [2.45, 2.75) is 56.4 Å². The molecule has 8 nitrogen and oxygen atoms in total. The number of phenolic OH excluding ortho intramolecular Hbond substituents is 1. The lowest BCUT2D eigenvalue weighted by atomic mass is 9.58. The molecule has 1 unspecified atom stereocenters. The van der Waals surface area contributed by atoms with Gasteiger partial charge in [-0.2, -0.15) is 0 Å². The molecule has 2 aromatic rings. The first-order valence-corrected chi connectivity index (χ1v) is 12.6. The number of nitrogens with zero attached hydrogens (tertiary/aromatic N) is 1. The zero-order valence-corrected chi connectivity index (χ0v) is 19.9. The van der Waals surface area contributed by atoms with Crippen LogP contribution in [-0.2, 0) is 10.0 Å². The number of sulfonamides is 1. The molecule has 0 heterocycles. The highest BCUT2D eigenvalue weighted by atomic mass is 35.5. The Kier molecular flexibility index (Phi) is 5.80. The molecule has 0 spiro atoms. The van der Waals surface area contributed by atoms with Crippen LogP contribution in [0.4, 0.5) is 17.1 Å². The summed E-state index contributed by atoms with van der Waals surface area (Å²) in [5, 5.41) is 16.5. The fraction of sp³-hybridized carbons (Fsp3) is 0.545. The summed E-state index contributed by atoms with van der Waals surface area (Å²) in [5.74, 6) is 0.204. The highest BCUT2D eigenvalue weighted by molar-refractivity contribution is 7.89. The van der Waals surface area contributed by atoms with Crippen LogP contribution in [0, 0.1) is 11.3 Å². The van der Waals surface area contributed by atoms with E-state index in [0.29, 0.717) is 0 Å². The number of aromatic hydroxyl groups is 1. The molecule has 3 N–H and O–H groups in total. The van der Waals surface area contributed by atoms with Gasteiger partial charge in [0.05, 0.1) is 10.7 Å². The Bertz CT molecular complexity index is 1210. The molecule has 2 aromatic carbocycles. The number of benzene rings is 1. The molecular formula is C22H28ClN3O5S. The number of anilines is 3. The third kappa shape index (κ3) is 3.60. The van der Waals surface area contributed by atoms with E-state index in [1.807, 2.05) is 6.92 Å². The molecule has 3 aliphatic carbocycles. The van der Waals surface area contributed by atoms with Crippen molar-refractivity contribution in [2.24, 2.45) is 11.3 Å². The Morgan fingerprint density at radius 3 is 2.22 bits per heavy atom. The van der Waals surface area contributed by atoms with Gasteiger partial charge in [-0.05, 0) is 68.9 Å². The largest absolute Gasteiger partial charge is 0.504 e. The molecule has 3 aliphatic rings. The average Bonchev–Trinajstić information content (AvgIpc) is 2.78. The molecule has 0 aliphatic heterocycles. The second kappa shape index (κ2) is 8.04. The minimum absolute atomic E-state index is 0.0103. The van der Waals surface area contributed by atoms with Gasteiger partial charge < -0.3 is 15.7 Å². The molecule has 0 radical (unpaired) electrons. The van der Waals surface area contributed by atoms with E-state index in [4.69, 9.17) is 11.6 Å². The Hall–Kier alpha value is -2.10. The first-order chi connectivity index (χ1) is 15.0. The molecule has 0 amide bonds.